The molecular weight excluding hydrogens is 212 g/mol. The van der Waals surface area contributed by atoms with Crippen molar-refractivity contribution in [1.29, 1.82) is 0 Å². The minimum absolute atomic E-state index is 0.201. The molecule has 0 unspecified atom stereocenters. The van der Waals surface area contributed by atoms with Gasteiger partial charge in [0.25, 0.3) is 0 Å². The Bertz CT molecular complexity index is 421. The SMILES string of the molecule is CCCc1nn(CC(=O)OCC)c(=O)n1N. The Morgan fingerprint density at radius 1 is 1.50 bits per heavy atom. The summed E-state index contributed by atoms with van der Waals surface area (Å²) in [5.41, 5.74) is -0.503. The van der Waals surface area contributed by atoms with E-state index in [1.165, 1.54) is 0 Å². The molecule has 0 fully saturated rings. The van der Waals surface area contributed by atoms with E-state index < -0.39 is 11.7 Å². The molecule has 0 aromatic carbocycles. The topological polar surface area (TPSA) is 92.1 Å². The third kappa shape index (κ3) is 2.62. The van der Waals surface area contributed by atoms with Gasteiger partial charge in [0.2, 0.25) is 0 Å². The second kappa shape index (κ2) is 5.34. The van der Waals surface area contributed by atoms with E-state index in [0.29, 0.717) is 12.2 Å². The van der Waals surface area contributed by atoms with Gasteiger partial charge >= 0.3 is 11.7 Å². The lowest BCUT2D eigenvalue weighted by Crippen LogP contribution is -2.32. The van der Waals surface area contributed by atoms with Crippen LogP contribution in [0.5, 0.6) is 0 Å². The Morgan fingerprint density at radius 2 is 2.19 bits per heavy atom. The molecule has 0 aliphatic rings. The average Bonchev–Trinajstić information content (AvgIpc) is 2.48. The van der Waals surface area contributed by atoms with Gasteiger partial charge in [-0.3, -0.25) is 4.79 Å². The lowest BCUT2D eigenvalue weighted by molar-refractivity contribution is -0.144. The molecule has 1 aromatic rings. The number of aryl methyl sites for hydroxylation is 1. The van der Waals surface area contributed by atoms with Gasteiger partial charge in [-0.25, -0.2) is 9.48 Å². The van der Waals surface area contributed by atoms with Gasteiger partial charge in [0, 0.05) is 6.42 Å². The maximum Gasteiger partial charge on any atom is 0.365 e. The standard InChI is InChI=1S/C9H16N4O3/c1-3-5-7-11-12(9(15)13(7)10)6-8(14)16-4-2/h3-6,10H2,1-2H3. The molecule has 0 aliphatic heterocycles. The number of nitrogen functional groups attached to an aromatic ring is 1. The summed E-state index contributed by atoms with van der Waals surface area (Å²) >= 11 is 0. The molecule has 0 saturated heterocycles. The highest BCUT2D eigenvalue weighted by Crippen LogP contribution is 1.94. The van der Waals surface area contributed by atoms with Gasteiger partial charge in [-0.2, -0.15) is 9.77 Å². The number of nitrogens with zero attached hydrogens (tertiary/aromatic N) is 3. The first-order chi connectivity index (χ1) is 7.60. The Kier molecular flexibility index (Phi) is 4.10. The summed E-state index contributed by atoms with van der Waals surface area (Å²) < 4.78 is 6.70. The molecule has 2 N–H and O–H groups in total. The first kappa shape index (κ1) is 12.3. The van der Waals surface area contributed by atoms with Crippen LogP contribution in [0.1, 0.15) is 26.1 Å². The van der Waals surface area contributed by atoms with Crippen molar-refractivity contribution in [3.8, 4) is 0 Å². The largest absolute Gasteiger partial charge is 0.465 e. The fraction of sp³-hybridized carbons (Fsp3) is 0.667. The van der Waals surface area contributed by atoms with Gasteiger partial charge in [0.05, 0.1) is 6.61 Å². The molecular formula is C9H16N4O3. The van der Waals surface area contributed by atoms with Crippen LogP contribution in [-0.4, -0.2) is 27.0 Å². The Balaban J connectivity index is 2.85. The molecule has 0 amide bonds. The first-order valence-electron chi connectivity index (χ1n) is 5.19. The van der Waals surface area contributed by atoms with E-state index in [1.807, 2.05) is 6.92 Å². The predicted molar refractivity (Wildman–Crippen MR) is 57.3 cm³/mol. The van der Waals surface area contributed by atoms with Crippen LogP contribution >= 0.6 is 0 Å². The average molecular weight is 228 g/mol. The van der Waals surface area contributed by atoms with Crippen molar-refractivity contribution >= 4 is 5.97 Å². The molecule has 1 heterocycles. The number of aromatic nitrogens is 3. The highest BCUT2D eigenvalue weighted by molar-refractivity contribution is 5.68. The molecule has 0 bridgehead atoms. The third-order valence-corrected chi connectivity index (χ3v) is 2.00. The summed E-state index contributed by atoms with van der Waals surface area (Å²) in [6.45, 7) is 3.73. The zero-order valence-corrected chi connectivity index (χ0v) is 9.47. The normalized spacial score (nSPS) is 10.4. The summed E-state index contributed by atoms with van der Waals surface area (Å²) in [5.74, 6) is 5.48. The van der Waals surface area contributed by atoms with E-state index in [0.717, 1.165) is 15.8 Å². The van der Waals surface area contributed by atoms with Gasteiger partial charge in [-0.05, 0) is 13.3 Å². The van der Waals surface area contributed by atoms with Gasteiger partial charge < -0.3 is 10.6 Å². The van der Waals surface area contributed by atoms with Crippen LogP contribution in [0.2, 0.25) is 0 Å². The van der Waals surface area contributed by atoms with Crippen LogP contribution in [0, 0.1) is 0 Å². The zero-order chi connectivity index (χ0) is 12.1. The Morgan fingerprint density at radius 3 is 2.75 bits per heavy atom. The van der Waals surface area contributed by atoms with Crippen molar-refractivity contribution < 1.29 is 9.53 Å². The molecule has 7 heteroatoms. The van der Waals surface area contributed by atoms with Crippen LogP contribution in [0.25, 0.3) is 0 Å². The van der Waals surface area contributed by atoms with Crippen molar-refractivity contribution in [2.45, 2.75) is 33.2 Å². The number of rotatable bonds is 5. The zero-order valence-electron chi connectivity index (χ0n) is 9.47. The lowest BCUT2D eigenvalue weighted by Gasteiger charge is -1.99. The lowest BCUT2D eigenvalue weighted by atomic mass is 10.3. The van der Waals surface area contributed by atoms with Crippen LogP contribution in [-0.2, 0) is 22.5 Å². The summed E-state index contributed by atoms with van der Waals surface area (Å²) in [4.78, 5) is 22.7. The first-order valence-corrected chi connectivity index (χ1v) is 5.19. The quantitative estimate of drug-likeness (QED) is 0.530. The number of carbonyl (C=O) groups is 1. The van der Waals surface area contributed by atoms with Gasteiger partial charge in [0.1, 0.15) is 6.54 Å². The van der Waals surface area contributed by atoms with Crippen molar-refractivity contribution in [3.05, 3.63) is 16.3 Å². The summed E-state index contributed by atoms with van der Waals surface area (Å²) in [7, 11) is 0. The molecule has 0 saturated carbocycles. The fourth-order valence-corrected chi connectivity index (χ4v) is 1.29. The van der Waals surface area contributed by atoms with E-state index in [9.17, 15) is 9.59 Å². The summed E-state index contributed by atoms with van der Waals surface area (Å²) in [6.07, 6.45) is 1.43. The van der Waals surface area contributed by atoms with E-state index in [2.05, 4.69) is 5.10 Å². The van der Waals surface area contributed by atoms with E-state index in [-0.39, 0.29) is 13.2 Å². The molecule has 1 aromatic heterocycles. The number of carbonyl (C=O) groups excluding carboxylic acids is 1. The van der Waals surface area contributed by atoms with E-state index in [1.54, 1.807) is 6.92 Å². The van der Waals surface area contributed by atoms with Crippen molar-refractivity contribution in [3.63, 3.8) is 0 Å². The number of hydrogen-bond acceptors (Lipinski definition) is 5. The minimum atomic E-state index is -0.503. The maximum atomic E-state index is 11.5. The predicted octanol–water partition coefficient (Wildman–Crippen LogP) is -0.726. The minimum Gasteiger partial charge on any atom is -0.465 e. The monoisotopic (exact) mass is 228 g/mol. The van der Waals surface area contributed by atoms with Crippen molar-refractivity contribution in [2.75, 3.05) is 12.4 Å². The molecule has 0 spiro atoms. The number of esters is 1. The number of ether oxygens (including phenoxy) is 1. The molecule has 0 radical (unpaired) electrons. The van der Waals surface area contributed by atoms with Gasteiger partial charge in [0.15, 0.2) is 5.82 Å². The van der Waals surface area contributed by atoms with E-state index >= 15 is 0 Å². The van der Waals surface area contributed by atoms with Gasteiger partial charge in [-0.1, -0.05) is 6.92 Å². The summed E-state index contributed by atoms with van der Waals surface area (Å²) in [6, 6.07) is 0. The third-order valence-electron chi connectivity index (χ3n) is 2.00. The molecule has 0 aliphatic carbocycles. The highest BCUT2D eigenvalue weighted by Gasteiger charge is 2.13. The molecule has 0 atom stereocenters. The molecule has 16 heavy (non-hydrogen) atoms. The van der Waals surface area contributed by atoms with Crippen LogP contribution in [0.3, 0.4) is 0 Å². The van der Waals surface area contributed by atoms with Gasteiger partial charge in [-0.15, -0.1) is 0 Å². The second-order valence-electron chi connectivity index (χ2n) is 3.28. The molecule has 7 nitrogen and oxygen atoms in total. The summed E-state index contributed by atoms with van der Waals surface area (Å²) in [5, 5.41) is 3.96. The number of nitrogens with two attached hydrogens (primary N) is 1. The molecule has 90 valence electrons. The number of hydrogen-bond donors (Lipinski definition) is 1. The Hall–Kier alpha value is -1.79. The highest BCUT2D eigenvalue weighted by atomic mass is 16.5. The van der Waals surface area contributed by atoms with Crippen molar-refractivity contribution in [2.24, 2.45) is 0 Å². The second-order valence-corrected chi connectivity index (χ2v) is 3.28. The fourth-order valence-electron chi connectivity index (χ4n) is 1.29. The molecule has 1 rings (SSSR count). The smallest absolute Gasteiger partial charge is 0.365 e. The van der Waals surface area contributed by atoms with E-state index in [4.69, 9.17) is 10.6 Å². The maximum absolute atomic E-state index is 11.5. The Labute approximate surface area is 92.8 Å². The van der Waals surface area contributed by atoms with Crippen LogP contribution in [0.15, 0.2) is 4.79 Å². The van der Waals surface area contributed by atoms with Crippen molar-refractivity contribution in [1.82, 2.24) is 14.5 Å². The van der Waals surface area contributed by atoms with Crippen LogP contribution in [0.4, 0.5) is 0 Å². The van der Waals surface area contributed by atoms with Crippen LogP contribution < -0.4 is 11.5 Å².